The van der Waals surface area contributed by atoms with Crippen molar-refractivity contribution >= 4 is 26.6 Å². The van der Waals surface area contributed by atoms with E-state index in [9.17, 15) is 8.42 Å². The van der Waals surface area contributed by atoms with Crippen LogP contribution >= 0.6 is 11.6 Å². The van der Waals surface area contributed by atoms with Gasteiger partial charge in [0.25, 0.3) is 0 Å². The van der Waals surface area contributed by atoms with Gasteiger partial charge in [-0.1, -0.05) is 28.9 Å². The Hall–Kier alpha value is -1.07. The third kappa shape index (κ3) is 2.46. The van der Waals surface area contributed by atoms with Gasteiger partial charge >= 0.3 is 0 Å². The predicted octanol–water partition coefficient (Wildman–Crippen LogP) is 1.46. The molecule has 14 heavy (non-hydrogen) atoms. The van der Waals surface area contributed by atoms with Crippen LogP contribution < -0.4 is 0 Å². The largest absolute Gasteiger partial charge is 0.410 e. The predicted molar refractivity (Wildman–Crippen MR) is 53.7 cm³/mol. The molecule has 4 nitrogen and oxygen atoms in total. The van der Waals surface area contributed by atoms with E-state index in [2.05, 4.69) is 5.16 Å². The number of halogens is 1. The molecule has 0 amide bonds. The maximum atomic E-state index is 11.1. The van der Waals surface area contributed by atoms with Gasteiger partial charge in [0.2, 0.25) is 0 Å². The van der Waals surface area contributed by atoms with Crippen molar-refractivity contribution in [2.45, 2.75) is 4.90 Å². The minimum absolute atomic E-state index is 0.0787. The zero-order valence-corrected chi connectivity index (χ0v) is 8.88. The summed E-state index contributed by atoms with van der Waals surface area (Å²) in [5.74, 6) is 0. The second-order valence-corrected chi connectivity index (χ2v) is 5.06. The van der Waals surface area contributed by atoms with Crippen LogP contribution in [0.3, 0.4) is 0 Å². The van der Waals surface area contributed by atoms with E-state index in [0.717, 1.165) is 6.26 Å². The molecule has 0 aliphatic carbocycles. The fraction of sp³-hybridized carbons (Fsp3) is 0.125. The first-order valence-electron chi connectivity index (χ1n) is 3.63. The van der Waals surface area contributed by atoms with Gasteiger partial charge in [0.1, 0.15) is 0 Å². The molecule has 0 atom stereocenters. The van der Waals surface area contributed by atoms with Crippen molar-refractivity contribution in [2.24, 2.45) is 5.16 Å². The van der Waals surface area contributed by atoms with E-state index < -0.39 is 9.84 Å². The van der Waals surface area contributed by atoms with Crippen molar-refractivity contribution in [1.29, 1.82) is 0 Å². The maximum Gasteiger partial charge on any atom is 0.175 e. The van der Waals surface area contributed by atoms with Crippen LogP contribution in [-0.2, 0) is 9.84 Å². The molecule has 0 aromatic heterocycles. The molecular weight excluding hydrogens is 226 g/mol. The lowest BCUT2D eigenvalue weighted by Crippen LogP contribution is -1.98. The van der Waals surface area contributed by atoms with Crippen LogP contribution in [0.25, 0.3) is 0 Å². The Kier molecular flexibility index (Phi) is 3.13. The molecule has 6 heteroatoms. The van der Waals surface area contributed by atoms with E-state index >= 15 is 0 Å². The molecule has 0 saturated heterocycles. The lowest BCUT2D eigenvalue weighted by Gasteiger charge is -1.99. The highest BCUT2D eigenvalue weighted by atomic mass is 35.5. The molecule has 0 spiro atoms. The van der Waals surface area contributed by atoms with Crippen LogP contribution in [0.1, 0.15) is 5.56 Å². The van der Waals surface area contributed by atoms with Crippen molar-refractivity contribution in [3.05, 3.63) is 29.8 Å². The van der Waals surface area contributed by atoms with Crippen molar-refractivity contribution in [3.63, 3.8) is 0 Å². The van der Waals surface area contributed by atoms with Gasteiger partial charge in [-0.25, -0.2) is 8.42 Å². The zero-order valence-electron chi connectivity index (χ0n) is 7.31. The molecule has 1 aromatic rings. The van der Waals surface area contributed by atoms with Crippen LogP contribution in [0.5, 0.6) is 0 Å². The maximum absolute atomic E-state index is 11.1. The molecule has 1 N–H and O–H groups in total. The number of benzene rings is 1. The Bertz CT molecular complexity index is 450. The fourth-order valence-corrected chi connectivity index (χ4v) is 1.65. The minimum atomic E-state index is -3.20. The summed E-state index contributed by atoms with van der Waals surface area (Å²) in [5, 5.41) is 11.1. The Morgan fingerprint density at radius 3 is 2.21 bits per heavy atom. The highest BCUT2D eigenvalue weighted by molar-refractivity contribution is 7.90. The Labute approximate surface area is 86.7 Å². The van der Waals surface area contributed by atoms with E-state index in [-0.39, 0.29) is 10.1 Å². The molecular formula is C8H8ClNO3S. The van der Waals surface area contributed by atoms with Gasteiger partial charge in [0, 0.05) is 11.8 Å². The number of oxime groups is 1. The van der Waals surface area contributed by atoms with Crippen LogP contribution in [0.15, 0.2) is 34.3 Å². The topological polar surface area (TPSA) is 66.7 Å². The highest BCUT2D eigenvalue weighted by Gasteiger charge is 2.07. The molecule has 0 aliphatic heterocycles. The summed E-state index contributed by atoms with van der Waals surface area (Å²) in [6.07, 6.45) is 1.11. The van der Waals surface area contributed by atoms with E-state index in [1.165, 1.54) is 24.3 Å². The summed E-state index contributed by atoms with van der Waals surface area (Å²) < 4.78 is 22.1. The highest BCUT2D eigenvalue weighted by Crippen LogP contribution is 2.12. The average Bonchev–Trinajstić information content (AvgIpc) is 2.15. The fourth-order valence-electron chi connectivity index (χ4n) is 0.897. The van der Waals surface area contributed by atoms with E-state index in [4.69, 9.17) is 16.8 Å². The third-order valence-electron chi connectivity index (χ3n) is 1.61. The number of rotatable bonds is 2. The summed E-state index contributed by atoms with van der Waals surface area (Å²) in [6, 6.07) is 5.74. The SMILES string of the molecule is CS(=O)(=O)c1ccc(/C(Cl)=N\O)cc1. The molecule has 0 aliphatic rings. The van der Waals surface area contributed by atoms with Gasteiger partial charge in [-0.2, -0.15) is 0 Å². The molecule has 76 valence electrons. The molecule has 0 radical (unpaired) electrons. The second-order valence-electron chi connectivity index (χ2n) is 2.69. The first-order chi connectivity index (χ1) is 6.45. The lowest BCUT2D eigenvalue weighted by molar-refractivity contribution is 0.321. The molecule has 0 heterocycles. The number of hydrogen-bond donors (Lipinski definition) is 1. The van der Waals surface area contributed by atoms with Crippen molar-refractivity contribution < 1.29 is 13.6 Å². The lowest BCUT2D eigenvalue weighted by atomic mass is 10.2. The Morgan fingerprint density at radius 2 is 1.86 bits per heavy atom. The first-order valence-corrected chi connectivity index (χ1v) is 5.90. The second kappa shape index (κ2) is 3.98. The molecule has 0 bridgehead atoms. The van der Waals surface area contributed by atoms with Crippen molar-refractivity contribution in [1.82, 2.24) is 0 Å². The summed E-state index contributed by atoms with van der Waals surface area (Å²) in [6.45, 7) is 0. The normalized spacial score (nSPS) is 12.9. The van der Waals surface area contributed by atoms with E-state index in [0.29, 0.717) is 5.56 Å². The quantitative estimate of drug-likeness (QED) is 0.478. The van der Waals surface area contributed by atoms with E-state index in [1.54, 1.807) is 0 Å². The summed E-state index contributed by atoms with van der Waals surface area (Å²) >= 11 is 5.51. The molecule has 1 rings (SSSR count). The van der Waals surface area contributed by atoms with Gasteiger partial charge < -0.3 is 5.21 Å². The van der Waals surface area contributed by atoms with Gasteiger partial charge in [-0.15, -0.1) is 0 Å². The Balaban J connectivity index is 3.14. The third-order valence-corrected chi connectivity index (χ3v) is 3.03. The molecule has 1 aromatic carbocycles. The zero-order chi connectivity index (χ0) is 10.8. The van der Waals surface area contributed by atoms with Crippen LogP contribution in [0.4, 0.5) is 0 Å². The van der Waals surface area contributed by atoms with Gasteiger partial charge in [-0.3, -0.25) is 0 Å². The van der Waals surface area contributed by atoms with Crippen LogP contribution in [-0.4, -0.2) is 25.1 Å². The van der Waals surface area contributed by atoms with Gasteiger partial charge in [0.15, 0.2) is 15.0 Å². The number of sulfone groups is 1. The van der Waals surface area contributed by atoms with E-state index in [1.807, 2.05) is 0 Å². The Morgan fingerprint density at radius 1 is 1.36 bits per heavy atom. The van der Waals surface area contributed by atoms with Crippen LogP contribution in [0, 0.1) is 0 Å². The monoisotopic (exact) mass is 233 g/mol. The van der Waals surface area contributed by atoms with Crippen molar-refractivity contribution in [3.8, 4) is 0 Å². The molecule has 0 saturated carbocycles. The summed E-state index contributed by atoms with van der Waals surface area (Å²) in [4.78, 5) is 0.198. The smallest absolute Gasteiger partial charge is 0.175 e. The minimum Gasteiger partial charge on any atom is -0.410 e. The van der Waals surface area contributed by atoms with Gasteiger partial charge in [0.05, 0.1) is 4.90 Å². The molecule has 0 fully saturated rings. The van der Waals surface area contributed by atoms with Crippen LogP contribution in [0.2, 0.25) is 0 Å². The summed E-state index contributed by atoms with van der Waals surface area (Å²) in [5.41, 5.74) is 0.460. The van der Waals surface area contributed by atoms with Gasteiger partial charge in [-0.05, 0) is 12.1 Å². The average molecular weight is 234 g/mol. The van der Waals surface area contributed by atoms with Crippen molar-refractivity contribution in [2.75, 3.05) is 6.26 Å². The molecule has 0 unspecified atom stereocenters. The standard InChI is InChI=1S/C8H8ClNO3S/c1-14(12,13)7-4-2-6(3-5-7)8(9)10-11/h2-5,11H,1H3/b10-8+. The summed E-state index contributed by atoms with van der Waals surface area (Å²) in [7, 11) is -3.20. The number of hydrogen-bond acceptors (Lipinski definition) is 4. The first kappa shape index (κ1) is 11.0. The number of nitrogens with zero attached hydrogens (tertiary/aromatic N) is 1.